The molecule has 0 amide bonds. The molecule has 106 valence electrons. The highest BCUT2D eigenvalue weighted by Crippen LogP contribution is 2.23. The Labute approximate surface area is 125 Å². The highest BCUT2D eigenvalue weighted by Gasteiger charge is 2.13. The number of aryl methyl sites for hydroxylation is 1. The van der Waals surface area contributed by atoms with E-state index in [1.54, 1.807) is 0 Å². The molecule has 2 aromatic rings. The zero-order valence-corrected chi connectivity index (χ0v) is 12.9. The molecule has 0 spiro atoms. The summed E-state index contributed by atoms with van der Waals surface area (Å²) in [5, 5.41) is 4.00. The number of hydrogen-bond donors (Lipinski definition) is 1. The quantitative estimate of drug-likeness (QED) is 0.886. The molecule has 0 aromatic heterocycles. The minimum absolute atomic E-state index is 0.161. The Morgan fingerprint density at radius 1 is 1.15 bits per heavy atom. The predicted molar refractivity (Wildman–Crippen MR) is 84.7 cm³/mol. The van der Waals surface area contributed by atoms with Crippen LogP contribution in [0.4, 0.5) is 0 Å². The molecular formula is C17H20ClNO. The lowest BCUT2D eigenvalue weighted by Gasteiger charge is -2.20. The minimum atomic E-state index is 0.161. The van der Waals surface area contributed by atoms with Crippen LogP contribution in [0.15, 0.2) is 42.5 Å². The van der Waals surface area contributed by atoms with Crippen molar-refractivity contribution >= 4 is 11.6 Å². The Morgan fingerprint density at radius 2 is 1.90 bits per heavy atom. The summed E-state index contributed by atoms with van der Waals surface area (Å²) in [5.74, 6) is 0.794. The zero-order chi connectivity index (χ0) is 14.5. The van der Waals surface area contributed by atoms with Crippen molar-refractivity contribution in [2.45, 2.75) is 19.9 Å². The van der Waals surface area contributed by atoms with E-state index in [0.717, 1.165) is 5.75 Å². The van der Waals surface area contributed by atoms with Crippen LogP contribution in [-0.4, -0.2) is 13.7 Å². The van der Waals surface area contributed by atoms with Gasteiger partial charge in [-0.25, -0.2) is 0 Å². The smallest absolute Gasteiger partial charge is 0.120 e. The van der Waals surface area contributed by atoms with Crippen LogP contribution in [-0.2, 0) is 0 Å². The van der Waals surface area contributed by atoms with Crippen LogP contribution in [0.25, 0.3) is 0 Å². The molecule has 20 heavy (non-hydrogen) atoms. The van der Waals surface area contributed by atoms with E-state index in [0.29, 0.717) is 11.6 Å². The molecular weight excluding hydrogens is 270 g/mol. The summed E-state index contributed by atoms with van der Waals surface area (Å²) in [6.45, 7) is 4.85. The van der Waals surface area contributed by atoms with Gasteiger partial charge in [-0.05, 0) is 55.8 Å². The fourth-order valence-electron chi connectivity index (χ4n) is 2.22. The molecule has 0 aliphatic heterocycles. The van der Waals surface area contributed by atoms with E-state index in [9.17, 15) is 0 Å². The summed E-state index contributed by atoms with van der Waals surface area (Å²) < 4.78 is 5.84. The van der Waals surface area contributed by atoms with Crippen molar-refractivity contribution < 1.29 is 4.74 Å². The van der Waals surface area contributed by atoms with Gasteiger partial charge in [-0.3, -0.25) is 0 Å². The van der Waals surface area contributed by atoms with Crippen LogP contribution in [0.1, 0.15) is 22.7 Å². The van der Waals surface area contributed by atoms with Gasteiger partial charge in [-0.1, -0.05) is 35.9 Å². The van der Waals surface area contributed by atoms with Gasteiger partial charge in [0, 0.05) is 5.02 Å². The third-order valence-corrected chi connectivity index (χ3v) is 3.82. The lowest BCUT2D eigenvalue weighted by molar-refractivity contribution is 0.272. The molecule has 1 unspecified atom stereocenters. The van der Waals surface area contributed by atoms with Gasteiger partial charge in [0.25, 0.3) is 0 Å². The van der Waals surface area contributed by atoms with Crippen molar-refractivity contribution in [3.05, 3.63) is 64.2 Å². The Kier molecular flexibility index (Phi) is 5.05. The molecule has 0 saturated heterocycles. The zero-order valence-electron chi connectivity index (χ0n) is 12.1. The lowest BCUT2D eigenvalue weighted by atomic mass is 9.98. The van der Waals surface area contributed by atoms with Crippen LogP contribution in [0.5, 0.6) is 5.75 Å². The number of likely N-dealkylation sites (N-methyl/N-ethyl adjacent to an activating group) is 1. The molecule has 0 aliphatic rings. The highest BCUT2D eigenvalue weighted by atomic mass is 35.5. The molecule has 0 heterocycles. The van der Waals surface area contributed by atoms with E-state index < -0.39 is 0 Å². The molecule has 0 bridgehead atoms. The van der Waals surface area contributed by atoms with Gasteiger partial charge in [0.2, 0.25) is 0 Å². The molecule has 0 radical (unpaired) electrons. The monoisotopic (exact) mass is 289 g/mol. The topological polar surface area (TPSA) is 21.3 Å². The number of hydrogen-bond acceptors (Lipinski definition) is 2. The van der Waals surface area contributed by atoms with Crippen LogP contribution in [0.2, 0.25) is 5.02 Å². The standard InChI is InChI=1S/C17H20ClNO/c1-12-6-4-9-16(13(12)2)17(19-3)11-20-15-8-5-7-14(18)10-15/h4-10,17,19H,11H2,1-3H3. The van der Waals surface area contributed by atoms with E-state index in [-0.39, 0.29) is 6.04 Å². The number of rotatable bonds is 5. The average molecular weight is 290 g/mol. The summed E-state index contributed by atoms with van der Waals surface area (Å²) in [5.41, 5.74) is 3.88. The van der Waals surface area contributed by atoms with E-state index in [2.05, 4.69) is 37.4 Å². The van der Waals surface area contributed by atoms with Crippen LogP contribution in [0, 0.1) is 13.8 Å². The maximum absolute atomic E-state index is 5.96. The third kappa shape index (κ3) is 3.53. The molecule has 2 rings (SSSR count). The summed E-state index contributed by atoms with van der Waals surface area (Å²) in [6.07, 6.45) is 0. The van der Waals surface area contributed by atoms with Crippen molar-refractivity contribution in [2.24, 2.45) is 0 Å². The van der Waals surface area contributed by atoms with Gasteiger partial charge < -0.3 is 10.1 Å². The van der Waals surface area contributed by atoms with E-state index in [1.165, 1.54) is 16.7 Å². The van der Waals surface area contributed by atoms with E-state index in [1.807, 2.05) is 31.3 Å². The fourth-order valence-corrected chi connectivity index (χ4v) is 2.40. The Bertz CT molecular complexity index is 583. The summed E-state index contributed by atoms with van der Waals surface area (Å²) in [6, 6.07) is 14.0. The number of halogens is 1. The Hall–Kier alpha value is -1.51. The average Bonchev–Trinajstić information content (AvgIpc) is 2.44. The molecule has 2 aromatic carbocycles. The second kappa shape index (κ2) is 6.78. The van der Waals surface area contributed by atoms with Gasteiger partial charge in [-0.15, -0.1) is 0 Å². The van der Waals surface area contributed by atoms with E-state index in [4.69, 9.17) is 16.3 Å². The lowest BCUT2D eigenvalue weighted by Crippen LogP contribution is -2.24. The van der Waals surface area contributed by atoms with Gasteiger partial charge in [0.05, 0.1) is 6.04 Å². The first-order valence-corrected chi connectivity index (χ1v) is 7.11. The Balaban J connectivity index is 2.11. The summed E-state index contributed by atoms with van der Waals surface area (Å²) in [7, 11) is 1.95. The molecule has 0 aliphatic carbocycles. The number of nitrogens with one attached hydrogen (secondary N) is 1. The molecule has 0 fully saturated rings. The molecule has 0 saturated carbocycles. The summed E-state index contributed by atoms with van der Waals surface area (Å²) >= 11 is 5.96. The molecule has 1 atom stereocenters. The second-order valence-electron chi connectivity index (χ2n) is 4.90. The largest absolute Gasteiger partial charge is 0.492 e. The van der Waals surface area contributed by atoms with Gasteiger partial charge in [0.15, 0.2) is 0 Å². The second-order valence-corrected chi connectivity index (χ2v) is 5.34. The third-order valence-electron chi connectivity index (χ3n) is 3.58. The molecule has 3 heteroatoms. The maximum Gasteiger partial charge on any atom is 0.120 e. The first-order valence-electron chi connectivity index (χ1n) is 6.73. The fraction of sp³-hybridized carbons (Fsp3) is 0.294. The SMILES string of the molecule is CNC(COc1cccc(Cl)c1)c1cccc(C)c1C. The van der Waals surface area contributed by atoms with Gasteiger partial charge in [0.1, 0.15) is 12.4 Å². The summed E-state index contributed by atoms with van der Waals surface area (Å²) in [4.78, 5) is 0. The maximum atomic E-state index is 5.96. The van der Waals surface area contributed by atoms with Crippen molar-refractivity contribution in [3.8, 4) is 5.75 Å². The normalized spacial score (nSPS) is 12.2. The first kappa shape index (κ1) is 14.9. The first-order chi connectivity index (χ1) is 9.61. The molecule has 2 nitrogen and oxygen atoms in total. The van der Waals surface area contributed by atoms with Crippen molar-refractivity contribution in [2.75, 3.05) is 13.7 Å². The molecule has 1 N–H and O–H groups in total. The van der Waals surface area contributed by atoms with Crippen molar-refractivity contribution in [3.63, 3.8) is 0 Å². The highest BCUT2D eigenvalue weighted by molar-refractivity contribution is 6.30. The number of ether oxygens (including phenoxy) is 1. The van der Waals surface area contributed by atoms with E-state index >= 15 is 0 Å². The van der Waals surface area contributed by atoms with Gasteiger partial charge >= 0.3 is 0 Å². The predicted octanol–water partition coefficient (Wildman–Crippen LogP) is 4.30. The van der Waals surface area contributed by atoms with Crippen LogP contribution in [0.3, 0.4) is 0 Å². The van der Waals surface area contributed by atoms with Crippen molar-refractivity contribution in [1.82, 2.24) is 5.32 Å². The Morgan fingerprint density at radius 3 is 2.60 bits per heavy atom. The van der Waals surface area contributed by atoms with Crippen LogP contribution < -0.4 is 10.1 Å². The number of benzene rings is 2. The van der Waals surface area contributed by atoms with Crippen molar-refractivity contribution in [1.29, 1.82) is 0 Å². The van der Waals surface area contributed by atoms with Gasteiger partial charge in [-0.2, -0.15) is 0 Å². The van der Waals surface area contributed by atoms with Crippen LogP contribution >= 0.6 is 11.6 Å². The minimum Gasteiger partial charge on any atom is -0.492 e.